The van der Waals surface area contributed by atoms with Gasteiger partial charge in [-0.15, -0.1) is 0 Å². The summed E-state index contributed by atoms with van der Waals surface area (Å²) >= 11 is 0. The van der Waals surface area contributed by atoms with Crippen LogP contribution in [0, 0.1) is 0 Å². The van der Waals surface area contributed by atoms with Crippen molar-refractivity contribution in [1.29, 1.82) is 0 Å². The summed E-state index contributed by atoms with van der Waals surface area (Å²) in [6.45, 7) is 0.805. The highest BCUT2D eigenvalue weighted by Crippen LogP contribution is 2.30. The van der Waals surface area contributed by atoms with Crippen LogP contribution in [0.1, 0.15) is 17.5 Å². The second kappa shape index (κ2) is 8.30. The number of hydrogen-bond donors (Lipinski definition) is 3. The van der Waals surface area contributed by atoms with Crippen LogP contribution in [0.2, 0.25) is 0 Å². The van der Waals surface area contributed by atoms with Crippen LogP contribution in [0.3, 0.4) is 0 Å². The van der Waals surface area contributed by atoms with Gasteiger partial charge in [0.25, 0.3) is 0 Å². The van der Waals surface area contributed by atoms with E-state index in [2.05, 4.69) is 10.6 Å². The van der Waals surface area contributed by atoms with Crippen molar-refractivity contribution in [3.05, 3.63) is 35.4 Å². The minimum atomic E-state index is -4.43. The van der Waals surface area contributed by atoms with Crippen LogP contribution in [0.5, 0.6) is 0 Å². The lowest BCUT2D eigenvalue weighted by molar-refractivity contribution is -0.137. The molecular weight excluding hydrogens is 339 g/mol. The van der Waals surface area contributed by atoms with Gasteiger partial charge < -0.3 is 15.7 Å². The van der Waals surface area contributed by atoms with Crippen molar-refractivity contribution in [1.82, 2.24) is 15.5 Å². The third-order valence-electron chi connectivity index (χ3n) is 3.89. The van der Waals surface area contributed by atoms with Gasteiger partial charge in [-0.3, -0.25) is 14.5 Å². The highest BCUT2D eigenvalue weighted by atomic mass is 19.4. The lowest BCUT2D eigenvalue weighted by Gasteiger charge is -2.34. The van der Waals surface area contributed by atoms with E-state index in [-0.39, 0.29) is 32.0 Å². The zero-order valence-electron chi connectivity index (χ0n) is 13.5. The number of nitrogens with zero attached hydrogens (tertiary/aromatic N) is 1. The highest BCUT2D eigenvalue weighted by Gasteiger charge is 2.33. The number of amides is 2. The van der Waals surface area contributed by atoms with Gasteiger partial charge in [0, 0.05) is 26.2 Å². The van der Waals surface area contributed by atoms with Crippen molar-refractivity contribution in [2.45, 2.75) is 25.2 Å². The number of hydrogen-bond acceptors (Lipinski definition) is 4. The van der Waals surface area contributed by atoms with E-state index in [1.54, 1.807) is 11.0 Å². The van der Waals surface area contributed by atoms with Crippen molar-refractivity contribution < 1.29 is 27.9 Å². The highest BCUT2D eigenvalue weighted by molar-refractivity contribution is 5.88. The Kier molecular flexibility index (Phi) is 6.38. The molecule has 0 radical (unpaired) electrons. The number of carbonyl (C=O) groups is 2. The van der Waals surface area contributed by atoms with Crippen LogP contribution in [0.4, 0.5) is 13.2 Å². The zero-order valence-corrected chi connectivity index (χ0v) is 13.5. The van der Waals surface area contributed by atoms with Gasteiger partial charge in [-0.05, 0) is 11.6 Å². The van der Waals surface area contributed by atoms with E-state index in [4.69, 9.17) is 5.11 Å². The number of benzene rings is 1. The summed E-state index contributed by atoms with van der Waals surface area (Å²) in [4.78, 5) is 25.6. The van der Waals surface area contributed by atoms with E-state index in [1.165, 1.54) is 6.07 Å². The second-order valence-corrected chi connectivity index (χ2v) is 5.75. The molecule has 1 heterocycles. The number of carbonyl (C=O) groups excluding carboxylic acids is 2. The standard InChI is InChI=1S/C16H20F3N3O3/c17-16(18,19)12-3-1-2-11(8-12)10-22-6-4-21-15(25)13(22)9-14(24)20-5-7-23/h1-3,8,13,23H,4-7,9-10H2,(H,20,24)(H,21,25)/t13-/m0/s1. The molecule has 138 valence electrons. The summed E-state index contributed by atoms with van der Waals surface area (Å²) in [6, 6.07) is 4.17. The SMILES string of the molecule is O=C(C[C@H]1C(=O)NCCN1Cc1cccc(C(F)(F)F)c1)NCCO. The minimum Gasteiger partial charge on any atom is -0.395 e. The van der Waals surface area contributed by atoms with Crippen LogP contribution in [-0.4, -0.2) is 54.1 Å². The molecule has 3 N–H and O–H groups in total. The van der Waals surface area contributed by atoms with E-state index < -0.39 is 23.7 Å². The van der Waals surface area contributed by atoms with Gasteiger partial charge in [0.05, 0.1) is 24.6 Å². The molecular formula is C16H20F3N3O3. The number of piperazine rings is 1. The molecule has 2 amide bonds. The molecule has 0 aliphatic carbocycles. The normalized spacial score (nSPS) is 18.7. The Morgan fingerprint density at radius 3 is 2.84 bits per heavy atom. The summed E-state index contributed by atoms with van der Waals surface area (Å²) in [5.41, 5.74) is -0.325. The molecule has 1 saturated heterocycles. The Morgan fingerprint density at radius 2 is 2.16 bits per heavy atom. The molecule has 0 unspecified atom stereocenters. The first-order chi connectivity index (χ1) is 11.8. The fourth-order valence-corrected chi connectivity index (χ4v) is 2.70. The van der Waals surface area contributed by atoms with Crippen LogP contribution >= 0.6 is 0 Å². The van der Waals surface area contributed by atoms with Crippen molar-refractivity contribution in [3.63, 3.8) is 0 Å². The van der Waals surface area contributed by atoms with Gasteiger partial charge in [-0.25, -0.2) is 0 Å². The summed E-state index contributed by atoms with van der Waals surface area (Å²) in [5, 5.41) is 13.8. The topological polar surface area (TPSA) is 81.7 Å². The van der Waals surface area contributed by atoms with Gasteiger partial charge in [0.1, 0.15) is 0 Å². The minimum absolute atomic E-state index is 0.0841. The third-order valence-corrected chi connectivity index (χ3v) is 3.89. The van der Waals surface area contributed by atoms with E-state index in [9.17, 15) is 22.8 Å². The maximum Gasteiger partial charge on any atom is 0.416 e. The van der Waals surface area contributed by atoms with E-state index in [0.717, 1.165) is 12.1 Å². The predicted molar refractivity (Wildman–Crippen MR) is 83.4 cm³/mol. The van der Waals surface area contributed by atoms with Crippen LogP contribution < -0.4 is 10.6 Å². The number of aliphatic hydroxyl groups excluding tert-OH is 1. The molecule has 1 fully saturated rings. The Bertz CT molecular complexity index is 622. The maximum atomic E-state index is 12.8. The predicted octanol–water partition coefficient (Wildman–Crippen LogP) is 0.504. The van der Waals surface area contributed by atoms with E-state index in [1.807, 2.05) is 0 Å². The molecule has 2 rings (SSSR count). The molecule has 1 aromatic rings. The van der Waals surface area contributed by atoms with Crippen molar-refractivity contribution in [2.75, 3.05) is 26.2 Å². The number of rotatable bonds is 6. The Morgan fingerprint density at radius 1 is 1.40 bits per heavy atom. The Balaban J connectivity index is 2.10. The van der Waals surface area contributed by atoms with Gasteiger partial charge in [0.2, 0.25) is 11.8 Å². The number of halogens is 3. The fraction of sp³-hybridized carbons (Fsp3) is 0.500. The Hall–Kier alpha value is -2.13. The molecule has 1 atom stereocenters. The number of nitrogens with one attached hydrogen (secondary N) is 2. The number of alkyl halides is 3. The molecule has 0 aromatic heterocycles. The van der Waals surface area contributed by atoms with Gasteiger partial charge in [0.15, 0.2) is 0 Å². The zero-order chi connectivity index (χ0) is 18.4. The molecule has 6 nitrogen and oxygen atoms in total. The third kappa shape index (κ3) is 5.43. The summed E-state index contributed by atoms with van der Waals surface area (Å²) in [6.07, 6.45) is -4.55. The van der Waals surface area contributed by atoms with Crippen LogP contribution in [-0.2, 0) is 22.3 Å². The molecule has 9 heteroatoms. The van der Waals surface area contributed by atoms with Gasteiger partial charge in [-0.1, -0.05) is 18.2 Å². The largest absolute Gasteiger partial charge is 0.416 e. The molecule has 1 aromatic carbocycles. The van der Waals surface area contributed by atoms with Gasteiger partial charge in [-0.2, -0.15) is 13.2 Å². The van der Waals surface area contributed by atoms with Crippen molar-refractivity contribution >= 4 is 11.8 Å². The second-order valence-electron chi connectivity index (χ2n) is 5.75. The molecule has 0 spiro atoms. The summed E-state index contributed by atoms with van der Waals surface area (Å²) < 4.78 is 38.5. The first kappa shape index (κ1) is 19.2. The average Bonchev–Trinajstić information content (AvgIpc) is 2.55. The monoisotopic (exact) mass is 359 g/mol. The lowest BCUT2D eigenvalue weighted by atomic mass is 10.1. The molecule has 1 aliphatic heterocycles. The van der Waals surface area contributed by atoms with Crippen LogP contribution in [0.25, 0.3) is 0 Å². The lowest BCUT2D eigenvalue weighted by Crippen LogP contribution is -2.56. The van der Waals surface area contributed by atoms with Crippen molar-refractivity contribution in [2.24, 2.45) is 0 Å². The Labute approximate surface area is 143 Å². The van der Waals surface area contributed by atoms with E-state index >= 15 is 0 Å². The maximum absolute atomic E-state index is 12.8. The molecule has 0 saturated carbocycles. The average molecular weight is 359 g/mol. The molecule has 25 heavy (non-hydrogen) atoms. The molecule has 1 aliphatic rings. The van der Waals surface area contributed by atoms with E-state index in [0.29, 0.717) is 18.7 Å². The van der Waals surface area contributed by atoms with Gasteiger partial charge >= 0.3 is 6.18 Å². The summed E-state index contributed by atoms with van der Waals surface area (Å²) in [5.74, 6) is -0.734. The number of aliphatic hydroxyl groups is 1. The quantitative estimate of drug-likeness (QED) is 0.691. The van der Waals surface area contributed by atoms with Crippen molar-refractivity contribution in [3.8, 4) is 0 Å². The fourth-order valence-electron chi connectivity index (χ4n) is 2.70. The molecule has 0 bridgehead atoms. The smallest absolute Gasteiger partial charge is 0.395 e. The summed E-state index contributed by atoms with van der Waals surface area (Å²) in [7, 11) is 0. The first-order valence-corrected chi connectivity index (χ1v) is 7.86. The van der Waals surface area contributed by atoms with Crippen LogP contribution in [0.15, 0.2) is 24.3 Å². The first-order valence-electron chi connectivity index (χ1n) is 7.86.